The van der Waals surface area contributed by atoms with Crippen LogP contribution in [0.3, 0.4) is 0 Å². The van der Waals surface area contributed by atoms with Crippen molar-refractivity contribution in [1.29, 1.82) is 0 Å². The van der Waals surface area contributed by atoms with Gasteiger partial charge in [-0.2, -0.15) is 0 Å². The van der Waals surface area contributed by atoms with Gasteiger partial charge in [-0.3, -0.25) is 4.98 Å². The topological polar surface area (TPSA) is 49.2 Å². The summed E-state index contributed by atoms with van der Waals surface area (Å²) in [6, 6.07) is 1.77. The second-order valence-electron chi connectivity index (χ2n) is 3.23. The lowest BCUT2D eigenvalue weighted by atomic mass is 10.3. The number of nitrogens with zero attached hydrogens (tertiary/aromatic N) is 3. The van der Waals surface area contributed by atoms with Crippen molar-refractivity contribution in [3.05, 3.63) is 36.7 Å². The van der Waals surface area contributed by atoms with E-state index in [1.165, 1.54) is 0 Å². The van der Waals surface area contributed by atoms with E-state index in [1.807, 2.05) is 10.8 Å². The van der Waals surface area contributed by atoms with E-state index < -0.39 is 0 Å². The molecule has 2 heterocycles. The maximum absolute atomic E-state index is 5.29. The number of rotatable bonds is 4. The summed E-state index contributed by atoms with van der Waals surface area (Å²) < 4.78 is 12.4. The molecule has 0 atom stereocenters. The molecule has 0 radical (unpaired) electrons. The van der Waals surface area contributed by atoms with Gasteiger partial charge in [-0.1, -0.05) is 0 Å². The molecule has 0 aromatic carbocycles. The Morgan fingerprint density at radius 2 is 2.12 bits per heavy atom. The summed E-state index contributed by atoms with van der Waals surface area (Å²) >= 11 is 0. The van der Waals surface area contributed by atoms with Crippen molar-refractivity contribution >= 4 is 0 Å². The van der Waals surface area contributed by atoms with E-state index in [0.717, 1.165) is 5.69 Å². The maximum Gasteiger partial charge on any atom is 0.184 e. The Bertz CT molecular complexity index is 454. The Morgan fingerprint density at radius 3 is 2.75 bits per heavy atom. The first-order chi connectivity index (χ1) is 7.85. The van der Waals surface area contributed by atoms with E-state index in [4.69, 9.17) is 9.47 Å². The molecule has 5 heteroatoms. The second-order valence-corrected chi connectivity index (χ2v) is 3.23. The molecule has 0 aliphatic rings. The van der Waals surface area contributed by atoms with Crippen LogP contribution < -0.4 is 9.47 Å². The molecule has 2 aromatic heterocycles. The van der Waals surface area contributed by atoms with Crippen molar-refractivity contribution in [1.82, 2.24) is 14.5 Å². The number of imidazole rings is 1. The largest absolute Gasteiger partial charge is 0.493 e. The van der Waals surface area contributed by atoms with E-state index in [2.05, 4.69) is 9.97 Å². The van der Waals surface area contributed by atoms with Gasteiger partial charge in [-0.05, 0) is 0 Å². The molecule has 0 spiro atoms. The van der Waals surface area contributed by atoms with Gasteiger partial charge in [-0.25, -0.2) is 4.98 Å². The Labute approximate surface area is 93.7 Å². The standard InChI is InChI=1S/C11H13N3O2/c1-15-10-3-4-13-9(11(10)16-2)7-14-6-5-12-8-14/h3-6,8H,7H2,1-2H3. The third kappa shape index (κ3) is 1.98. The molecule has 5 nitrogen and oxygen atoms in total. The zero-order chi connectivity index (χ0) is 11.4. The predicted molar refractivity (Wildman–Crippen MR) is 58.7 cm³/mol. The van der Waals surface area contributed by atoms with Crippen molar-refractivity contribution in [3.8, 4) is 11.5 Å². The molecule has 2 aromatic rings. The van der Waals surface area contributed by atoms with Crippen molar-refractivity contribution in [2.24, 2.45) is 0 Å². The summed E-state index contributed by atoms with van der Waals surface area (Å²) in [6.45, 7) is 0.611. The monoisotopic (exact) mass is 219 g/mol. The molecule has 0 saturated heterocycles. The van der Waals surface area contributed by atoms with Crippen LogP contribution in [0.1, 0.15) is 5.69 Å². The van der Waals surface area contributed by atoms with Crippen LogP contribution in [0.4, 0.5) is 0 Å². The number of ether oxygens (including phenoxy) is 2. The van der Waals surface area contributed by atoms with E-state index in [-0.39, 0.29) is 0 Å². The van der Waals surface area contributed by atoms with Crippen molar-refractivity contribution in [3.63, 3.8) is 0 Å². The Morgan fingerprint density at radius 1 is 1.25 bits per heavy atom. The molecule has 0 fully saturated rings. The highest BCUT2D eigenvalue weighted by molar-refractivity contribution is 5.42. The van der Waals surface area contributed by atoms with E-state index in [1.54, 1.807) is 39.0 Å². The van der Waals surface area contributed by atoms with Gasteiger partial charge in [0.2, 0.25) is 0 Å². The highest BCUT2D eigenvalue weighted by Crippen LogP contribution is 2.29. The smallest absolute Gasteiger partial charge is 0.184 e. The minimum absolute atomic E-state index is 0.611. The summed E-state index contributed by atoms with van der Waals surface area (Å²) in [6.07, 6.45) is 7.04. The number of aromatic nitrogens is 3. The van der Waals surface area contributed by atoms with Crippen molar-refractivity contribution in [2.75, 3.05) is 14.2 Å². The highest BCUT2D eigenvalue weighted by atomic mass is 16.5. The average Bonchev–Trinajstić information content (AvgIpc) is 2.81. The van der Waals surface area contributed by atoms with Gasteiger partial charge in [0.1, 0.15) is 5.69 Å². The molecule has 2 rings (SSSR count). The fraction of sp³-hybridized carbons (Fsp3) is 0.273. The zero-order valence-corrected chi connectivity index (χ0v) is 9.25. The van der Waals surface area contributed by atoms with Gasteiger partial charge in [-0.15, -0.1) is 0 Å². The number of hydrogen-bond acceptors (Lipinski definition) is 4. The third-order valence-electron chi connectivity index (χ3n) is 2.26. The van der Waals surface area contributed by atoms with Crippen molar-refractivity contribution in [2.45, 2.75) is 6.54 Å². The number of hydrogen-bond donors (Lipinski definition) is 0. The van der Waals surface area contributed by atoms with Crippen LogP contribution in [0.5, 0.6) is 11.5 Å². The Hall–Kier alpha value is -2.04. The normalized spacial score (nSPS) is 10.1. The molecule has 84 valence electrons. The third-order valence-corrected chi connectivity index (χ3v) is 2.26. The molecule has 0 aliphatic carbocycles. The van der Waals surface area contributed by atoms with Crippen LogP contribution in [-0.4, -0.2) is 28.8 Å². The Balaban J connectivity index is 2.33. The van der Waals surface area contributed by atoms with Crippen LogP contribution in [0.15, 0.2) is 31.0 Å². The lowest BCUT2D eigenvalue weighted by Gasteiger charge is -2.11. The highest BCUT2D eigenvalue weighted by Gasteiger charge is 2.10. The quantitative estimate of drug-likeness (QED) is 0.778. The summed E-state index contributed by atoms with van der Waals surface area (Å²) in [7, 11) is 3.22. The lowest BCUT2D eigenvalue weighted by molar-refractivity contribution is 0.348. The first-order valence-electron chi connectivity index (χ1n) is 4.86. The van der Waals surface area contributed by atoms with Gasteiger partial charge in [0.15, 0.2) is 11.5 Å². The summed E-state index contributed by atoms with van der Waals surface area (Å²) in [4.78, 5) is 8.26. The first-order valence-corrected chi connectivity index (χ1v) is 4.86. The van der Waals surface area contributed by atoms with Crippen LogP contribution in [0, 0.1) is 0 Å². The molecule has 0 bridgehead atoms. The van der Waals surface area contributed by atoms with Gasteiger partial charge in [0, 0.05) is 24.7 Å². The molecular formula is C11H13N3O2. The number of methoxy groups -OCH3 is 2. The van der Waals surface area contributed by atoms with Gasteiger partial charge < -0.3 is 14.0 Å². The number of pyridine rings is 1. The SMILES string of the molecule is COc1ccnc(Cn2ccnc2)c1OC. The maximum atomic E-state index is 5.29. The summed E-state index contributed by atoms with van der Waals surface area (Å²) in [5.74, 6) is 1.35. The van der Waals surface area contributed by atoms with Crippen molar-refractivity contribution < 1.29 is 9.47 Å². The van der Waals surface area contributed by atoms with Gasteiger partial charge in [0.25, 0.3) is 0 Å². The fourth-order valence-corrected chi connectivity index (χ4v) is 1.52. The molecule has 0 N–H and O–H groups in total. The van der Waals surface area contributed by atoms with Gasteiger partial charge in [0.05, 0.1) is 27.1 Å². The molecule has 16 heavy (non-hydrogen) atoms. The van der Waals surface area contributed by atoms with Crippen LogP contribution in [0.25, 0.3) is 0 Å². The van der Waals surface area contributed by atoms with E-state index in [0.29, 0.717) is 18.0 Å². The molecule has 0 unspecified atom stereocenters. The first kappa shape index (κ1) is 10.5. The second kappa shape index (κ2) is 4.65. The zero-order valence-electron chi connectivity index (χ0n) is 9.25. The lowest BCUT2D eigenvalue weighted by Crippen LogP contribution is -2.03. The minimum atomic E-state index is 0.611. The molecule has 0 aliphatic heterocycles. The fourth-order valence-electron chi connectivity index (χ4n) is 1.52. The average molecular weight is 219 g/mol. The summed E-state index contributed by atoms with van der Waals surface area (Å²) in [5, 5.41) is 0. The van der Waals surface area contributed by atoms with Crippen LogP contribution >= 0.6 is 0 Å². The predicted octanol–water partition coefficient (Wildman–Crippen LogP) is 1.34. The molecule has 0 saturated carbocycles. The molecule has 0 amide bonds. The molecular weight excluding hydrogens is 206 g/mol. The van der Waals surface area contributed by atoms with E-state index >= 15 is 0 Å². The summed E-state index contributed by atoms with van der Waals surface area (Å²) in [5.41, 5.74) is 0.819. The van der Waals surface area contributed by atoms with Crippen LogP contribution in [-0.2, 0) is 6.54 Å². The minimum Gasteiger partial charge on any atom is -0.493 e. The Kier molecular flexibility index (Phi) is 3.05. The van der Waals surface area contributed by atoms with Gasteiger partial charge >= 0.3 is 0 Å². The van der Waals surface area contributed by atoms with E-state index in [9.17, 15) is 0 Å². The van der Waals surface area contributed by atoms with Crippen LogP contribution in [0.2, 0.25) is 0 Å².